The molecule has 0 saturated carbocycles. The summed E-state index contributed by atoms with van der Waals surface area (Å²) in [5, 5.41) is 2.81. The maximum atomic E-state index is 12.5. The lowest BCUT2D eigenvalue weighted by Gasteiger charge is -2.32. The number of hydrogen-bond donors (Lipinski definition) is 2. The Bertz CT molecular complexity index is 525. The Labute approximate surface area is 147 Å². The molecule has 128 valence electrons. The highest BCUT2D eigenvalue weighted by atomic mass is 35.5. The van der Waals surface area contributed by atoms with Gasteiger partial charge in [0, 0.05) is 36.6 Å². The van der Waals surface area contributed by atoms with Crippen molar-refractivity contribution in [2.45, 2.75) is 17.7 Å². The van der Waals surface area contributed by atoms with Crippen molar-refractivity contribution in [2.24, 2.45) is 11.7 Å². The van der Waals surface area contributed by atoms with Gasteiger partial charge in [-0.3, -0.25) is 9.59 Å². The lowest BCUT2D eigenvalue weighted by Crippen LogP contribution is -2.46. The number of benzene rings is 1. The average molecular weight is 358 g/mol. The van der Waals surface area contributed by atoms with Crippen LogP contribution in [0.3, 0.4) is 0 Å². The van der Waals surface area contributed by atoms with Gasteiger partial charge in [-0.2, -0.15) is 0 Å². The summed E-state index contributed by atoms with van der Waals surface area (Å²) < 4.78 is 0. The zero-order valence-electron chi connectivity index (χ0n) is 13.3. The fourth-order valence-electron chi connectivity index (χ4n) is 2.63. The Morgan fingerprint density at radius 1 is 1.35 bits per heavy atom. The number of hydrogen-bond acceptors (Lipinski definition) is 4. The zero-order valence-corrected chi connectivity index (χ0v) is 14.9. The van der Waals surface area contributed by atoms with E-state index in [0.29, 0.717) is 31.7 Å². The van der Waals surface area contributed by atoms with Crippen LogP contribution in [0.25, 0.3) is 0 Å². The number of nitrogens with one attached hydrogen (secondary N) is 1. The van der Waals surface area contributed by atoms with E-state index in [-0.39, 0.29) is 30.1 Å². The second kappa shape index (κ2) is 9.80. The molecule has 5 nitrogen and oxygen atoms in total. The van der Waals surface area contributed by atoms with Crippen molar-refractivity contribution in [3.63, 3.8) is 0 Å². The van der Waals surface area contributed by atoms with Crippen molar-refractivity contribution in [2.75, 3.05) is 32.4 Å². The summed E-state index contributed by atoms with van der Waals surface area (Å²) in [6.45, 7) is 2.12. The molecule has 0 aliphatic carbocycles. The first-order valence-electron chi connectivity index (χ1n) is 7.57. The van der Waals surface area contributed by atoms with Gasteiger partial charge < -0.3 is 16.0 Å². The lowest BCUT2D eigenvalue weighted by atomic mass is 9.96. The van der Waals surface area contributed by atoms with Gasteiger partial charge in [-0.25, -0.2) is 0 Å². The minimum absolute atomic E-state index is 0. The molecule has 0 aromatic heterocycles. The smallest absolute Gasteiger partial charge is 0.253 e. The van der Waals surface area contributed by atoms with E-state index in [1.807, 2.05) is 30.5 Å². The third-order valence-corrected chi connectivity index (χ3v) is 4.60. The lowest BCUT2D eigenvalue weighted by molar-refractivity contribution is -0.126. The molecule has 0 bridgehead atoms. The van der Waals surface area contributed by atoms with Gasteiger partial charge in [-0.1, -0.05) is 0 Å². The van der Waals surface area contributed by atoms with Crippen molar-refractivity contribution in [3.05, 3.63) is 29.8 Å². The van der Waals surface area contributed by atoms with Crippen LogP contribution < -0.4 is 11.1 Å². The molecule has 23 heavy (non-hydrogen) atoms. The van der Waals surface area contributed by atoms with Gasteiger partial charge in [0.25, 0.3) is 5.91 Å². The Kier molecular flexibility index (Phi) is 8.44. The molecule has 1 heterocycles. The molecule has 1 atom stereocenters. The van der Waals surface area contributed by atoms with E-state index in [2.05, 4.69) is 5.32 Å². The van der Waals surface area contributed by atoms with E-state index in [1.54, 1.807) is 16.7 Å². The first kappa shape index (κ1) is 19.8. The minimum atomic E-state index is -0.130. The molecule has 3 N–H and O–H groups in total. The third kappa shape index (κ3) is 5.41. The van der Waals surface area contributed by atoms with Crippen LogP contribution in [0.1, 0.15) is 23.2 Å². The molecule has 2 rings (SSSR count). The summed E-state index contributed by atoms with van der Waals surface area (Å²) in [7, 11) is 0. The SMILES string of the molecule is CSc1ccc(C(=O)N2CCCC(C(=O)NCCN)C2)cc1.Cl. The molecule has 1 saturated heterocycles. The van der Waals surface area contributed by atoms with Gasteiger partial charge in [0.1, 0.15) is 0 Å². The van der Waals surface area contributed by atoms with Crippen molar-refractivity contribution < 1.29 is 9.59 Å². The maximum Gasteiger partial charge on any atom is 0.253 e. The Morgan fingerprint density at radius 3 is 2.65 bits per heavy atom. The van der Waals surface area contributed by atoms with Crippen LogP contribution in [0.15, 0.2) is 29.2 Å². The van der Waals surface area contributed by atoms with E-state index in [0.717, 1.165) is 17.7 Å². The van der Waals surface area contributed by atoms with Crippen LogP contribution >= 0.6 is 24.2 Å². The predicted molar refractivity (Wildman–Crippen MR) is 96.2 cm³/mol. The number of nitrogens with zero attached hydrogens (tertiary/aromatic N) is 1. The van der Waals surface area contributed by atoms with Crippen LogP contribution in [0, 0.1) is 5.92 Å². The Balaban J connectivity index is 0.00000264. The third-order valence-electron chi connectivity index (χ3n) is 3.86. The summed E-state index contributed by atoms with van der Waals surface area (Å²) in [4.78, 5) is 27.5. The summed E-state index contributed by atoms with van der Waals surface area (Å²) in [6, 6.07) is 7.61. The highest BCUT2D eigenvalue weighted by molar-refractivity contribution is 7.98. The number of piperidine rings is 1. The topological polar surface area (TPSA) is 75.4 Å². The van der Waals surface area contributed by atoms with E-state index in [1.165, 1.54) is 0 Å². The minimum Gasteiger partial charge on any atom is -0.355 e. The first-order chi connectivity index (χ1) is 10.7. The van der Waals surface area contributed by atoms with E-state index >= 15 is 0 Å². The molecular formula is C16H24ClN3O2S. The molecule has 1 aliphatic heterocycles. The molecule has 1 fully saturated rings. The summed E-state index contributed by atoms with van der Waals surface area (Å²) in [5.41, 5.74) is 6.08. The molecule has 1 aromatic carbocycles. The van der Waals surface area contributed by atoms with Gasteiger partial charge in [-0.15, -0.1) is 24.2 Å². The van der Waals surface area contributed by atoms with Crippen LogP contribution in [-0.4, -0.2) is 49.1 Å². The van der Waals surface area contributed by atoms with Gasteiger partial charge in [0.2, 0.25) is 5.91 Å². The first-order valence-corrected chi connectivity index (χ1v) is 8.79. The quantitative estimate of drug-likeness (QED) is 0.787. The monoisotopic (exact) mass is 357 g/mol. The van der Waals surface area contributed by atoms with Gasteiger partial charge in [0.05, 0.1) is 5.92 Å². The van der Waals surface area contributed by atoms with E-state index < -0.39 is 0 Å². The average Bonchev–Trinajstić information content (AvgIpc) is 2.59. The number of carbonyl (C=O) groups excluding carboxylic acids is 2. The Hall–Kier alpha value is -1.24. The Morgan fingerprint density at radius 2 is 2.04 bits per heavy atom. The van der Waals surface area contributed by atoms with Crippen molar-refractivity contribution in [1.82, 2.24) is 10.2 Å². The van der Waals surface area contributed by atoms with Crippen LogP contribution in [0.4, 0.5) is 0 Å². The molecule has 0 radical (unpaired) electrons. The molecule has 2 amide bonds. The fraction of sp³-hybridized carbons (Fsp3) is 0.500. The highest BCUT2D eigenvalue weighted by Crippen LogP contribution is 2.20. The summed E-state index contributed by atoms with van der Waals surface area (Å²) in [5.74, 6) is -0.126. The number of thioether (sulfide) groups is 1. The van der Waals surface area contributed by atoms with Gasteiger partial charge >= 0.3 is 0 Å². The predicted octanol–water partition coefficient (Wildman–Crippen LogP) is 1.76. The van der Waals surface area contributed by atoms with Crippen LogP contribution in [0.2, 0.25) is 0 Å². The second-order valence-electron chi connectivity index (χ2n) is 5.40. The largest absolute Gasteiger partial charge is 0.355 e. The molecular weight excluding hydrogens is 334 g/mol. The summed E-state index contributed by atoms with van der Waals surface area (Å²) in [6.07, 6.45) is 3.69. The normalized spacial score (nSPS) is 17.3. The fourth-order valence-corrected chi connectivity index (χ4v) is 3.04. The van der Waals surface area contributed by atoms with Crippen molar-refractivity contribution >= 4 is 36.0 Å². The second-order valence-corrected chi connectivity index (χ2v) is 6.28. The summed E-state index contributed by atoms with van der Waals surface area (Å²) >= 11 is 1.65. The number of carbonyl (C=O) groups is 2. The molecule has 0 spiro atoms. The van der Waals surface area contributed by atoms with Crippen LogP contribution in [0.5, 0.6) is 0 Å². The van der Waals surface area contributed by atoms with E-state index in [4.69, 9.17) is 5.73 Å². The number of rotatable bonds is 5. The molecule has 1 unspecified atom stereocenters. The van der Waals surface area contributed by atoms with Crippen molar-refractivity contribution in [1.29, 1.82) is 0 Å². The highest BCUT2D eigenvalue weighted by Gasteiger charge is 2.28. The van der Waals surface area contributed by atoms with Crippen molar-refractivity contribution in [3.8, 4) is 0 Å². The van der Waals surface area contributed by atoms with Gasteiger partial charge in [0.15, 0.2) is 0 Å². The van der Waals surface area contributed by atoms with Gasteiger partial charge in [-0.05, 0) is 43.4 Å². The number of likely N-dealkylation sites (tertiary alicyclic amines) is 1. The van der Waals surface area contributed by atoms with Crippen LogP contribution in [-0.2, 0) is 4.79 Å². The standard InChI is InChI=1S/C16H23N3O2S.ClH/c1-22-14-6-4-12(5-7-14)16(21)19-10-2-3-13(11-19)15(20)18-9-8-17;/h4-7,13H,2-3,8-11,17H2,1H3,(H,18,20);1H. The molecule has 1 aromatic rings. The number of nitrogens with two attached hydrogens (primary N) is 1. The van der Waals surface area contributed by atoms with E-state index in [9.17, 15) is 9.59 Å². The zero-order chi connectivity index (χ0) is 15.9. The molecule has 1 aliphatic rings. The molecule has 7 heteroatoms. The maximum absolute atomic E-state index is 12.5. The number of halogens is 1. The number of amides is 2.